The van der Waals surface area contributed by atoms with Crippen LogP contribution in [0.2, 0.25) is 0 Å². The van der Waals surface area contributed by atoms with Crippen molar-refractivity contribution in [3.8, 4) is 0 Å². The third-order valence-electron chi connectivity index (χ3n) is 4.69. The zero-order valence-corrected chi connectivity index (χ0v) is 15.6. The van der Waals surface area contributed by atoms with Gasteiger partial charge in [0.2, 0.25) is 0 Å². The highest BCUT2D eigenvalue weighted by Gasteiger charge is 2.18. The third-order valence-corrected chi connectivity index (χ3v) is 4.69. The molecule has 29 heavy (non-hydrogen) atoms. The number of carbonyl (C=O) groups excluding carboxylic acids is 1. The van der Waals surface area contributed by atoms with Crippen LogP contribution < -0.4 is 5.32 Å². The number of aromatic nitrogens is 2. The van der Waals surface area contributed by atoms with Crippen LogP contribution >= 0.6 is 0 Å². The van der Waals surface area contributed by atoms with Crippen LogP contribution in [0.3, 0.4) is 0 Å². The molecule has 1 heterocycles. The molecule has 0 unspecified atom stereocenters. The molecule has 0 fully saturated rings. The van der Waals surface area contributed by atoms with Crippen molar-refractivity contribution in [2.24, 2.45) is 0 Å². The third kappa shape index (κ3) is 4.01. The zero-order valence-electron chi connectivity index (χ0n) is 15.6. The van der Waals surface area contributed by atoms with E-state index in [0.717, 1.165) is 22.0 Å². The first-order chi connectivity index (χ1) is 14.1. The molecule has 0 bridgehead atoms. The molecule has 0 aliphatic rings. The van der Waals surface area contributed by atoms with E-state index in [2.05, 4.69) is 10.4 Å². The number of carbonyl (C=O) groups is 2. The van der Waals surface area contributed by atoms with E-state index in [9.17, 15) is 9.59 Å². The Kier molecular flexibility index (Phi) is 5.07. The normalized spacial score (nSPS) is 10.8. The summed E-state index contributed by atoms with van der Waals surface area (Å²) >= 11 is 0. The maximum atomic E-state index is 13.0. The lowest BCUT2D eigenvalue weighted by molar-refractivity contribution is 0.0696. The number of fused-ring (bicyclic) bond motifs is 1. The molecule has 1 aromatic heterocycles. The van der Waals surface area contributed by atoms with Crippen LogP contribution in [0, 0.1) is 0 Å². The minimum absolute atomic E-state index is 0.215. The number of nitrogens with one attached hydrogen (secondary N) is 1. The van der Waals surface area contributed by atoms with Gasteiger partial charge in [0.05, 0.1) is 17.6 Å². The summed E-state index contributed by atoms with van der Waals surface area (Å²) in [5, 5.41) is 17.3. The Morgan fingerprint density at radius 2 is 1.55 bits per heavy atom. The molecule has 0 spiro atoms. The first-order valence-corrected chi connectivity index (χ1v) is 9.22. The van der Waals surface area contributed by atoms with E-state index in [-0.39, 0.29) is 11.5 Å². The van der Waals surface area contributed by atoms with E-state index in [4.69, 9.17) is 5.11 Å². The van der Waals surface area contributed by atoms with Crippen LogP contribution in [0.15, 0.2) is 78.9 Å². The summed E-state index contributed by atoms with van der Waals surface area (Å²) in [5.74, 6) is -1.20. The molecular formula is C23H19N3O3. The predicted octanol–water partition coefficient (Wildman–Crippen LogP) is 3.71. The second-order valence-corrected chi connectivity index (χ2v) is 6.69. The number of hydrogen-bond donors (Lipinski definition) is 2. The van der Waals surface area contributed by atoms with Crippen molar-refractivity contribution in [2.45, 2.75) is 13.1 Å². The van der Waals surface area contributed by atoms with Gasteiger partial charge < -0.3 is 10.4 Å². The maximum Gasteiger partial charge on any atom is 0.335 e. The van der Waals surface area contributed by atoms with Gasteiger partial charge in [-0.05, 0) is 29.3 Å². The lowest BCUT2D eigenvalue weighted by atomic mass is 10.1. The van der Waals surface area contributed by atoms with E-state index < -0.39 is 5.97 Å². The molecule has 2 N–H and O–H groups in total. The highest BCUT2D eigenvalue weighted by molar-refractivity contribution is 6.05. The van der Waals surface area contributed by atoms with Crippen LogP contribution in [0.25, 0.3) is 10.9 Å². The van der Waals surface area contributed by atoms with Crippen molar-refractivity contribution in [3.05, 3.63) is 101 Å². The maximum absolute atomic E-state index is 13.0. The second-order valence-electron chi connectivity index (χ2n) is 6.69. The van der Waals surface area contributed by atoms with Crippen LogP contribution in [0.1, 0.15) is 32.0 Å². The van der Waals surface area contributed by atoms with Gasteiger partial charge in [0.1, 0.15) is 5.69 Å². The average molecular weight is 385 g/mol. The zero-order chi connectivity index (χ0) is 20.2. The summed E-state index contributed by atoms with van der Waals surface area (Å²) < 4.78 is 1.73. The van der Waals surface area contributed by atoms with Crippen LogP contribution in [0.4, 0.5) is 0 Å². The van der Waals surface area contributed by atoms with E-state index in [0.29, 0.717) is 18.8 Å². The number of carboxylic acids is 1. The molecule has 0 saturated heterocycles. The Bertz CT molecular complexity index is 1170. The molecule has 3 aromatic carbocycles. The van der Waals surface area contributed by atoms with Gasteiger partial charge in [-0.2, -0.15) is 5.10 Å². The summed E-state index contributed by atoms with van der Waals surface area (Å²) in [6, 6.07) is 23.9. The minimum Gasteiger partial charge on any atom is -0.478 e. The van der Waals surface area contributed by atoms with Crippen molar-refractivity contribution in [3.63, 3.8) is 0 Å². The van der Waals surface area contributed by atoms with Crippen molar-refractivity contribution in [1.82, 2.24) is 15.1 Å². The highest BCUT2D eigenvalue weighted by Crippen LogP contribution is 2.19. The fourth-order valence-corrected chi connectivity index (χ4v) is 3.22. The fraction of sp³-hybridized carbons (Fsp3) is 0.0870. The summed E-state index contributed by atoms with van der Waals surface area (Å²) in [6.45, 7) is 0.787. The summed E-state index contributed by atoms with van der Waals surface area (Å²) in [4.78, 5) is 24.0. The lowest BCUT2D eigenvalue weighted by Crippen LogP contribution is -2.26. The molecule has 1 amide bonds. The quantitative estimate of drug-likeness (QED) is 0.530. The topological polar surface area (TPSA) is 84.2 Å². The first kappa shape index (κ1) is 18.4. The number of hydrogen-bond acceptors (Lipinski definition) is 3. The molecule has 6 nitrogen and oxygen atoms in total. The Morgan fingerprint density at radius 3 is 2.28 bits per heavy atom. The first-order valence-electron chi connectivity index (χ1n) is 9.22. The Labute approximate surface area is 167 Å². The molecule has 0 radical (unpaired) electrons. The molecule has 0 aliphatic heterocycles. The number of carboxylic acid groups (broad SMARTS) is 1. The van der Waals surface area contributed by atoms with Crippen molar-refractivity contribution >= 4 is 22.8 Å². The number of rotatable bonds is 6. The molecule has 6 heteroatoms. The van der Waals surface area contributed by atoms with E-state index >= 15 is 0 Å². The largest absolute Gasteiger partial charge is 0.478 e. The van der Waals surface area contributed by atoms with E-state index in [1.165, 1.54) is 12.1 Å². The van der Waals surface area contributed by atoms with Gasteiger partial charge in [0.15, 0.2) is 0 Å². The Morgan fingerprint density at radius 1 is 0.862 bits per heavy atom. The molecule has 144 valence electrons. The van der Waals surface area contributed by atoms with Crippen LogP contribution in [0.5, 0.6) is 0 Å². The van der Waals surface area contributed by atoms with Crippen LogP contribution in [-0.4, -0.2) is 26.8 Å². The van der Waals surface area contributed by atoms with Gasteiger partial charge in [0, 0.05) is 11.9 Å². The van der Waals surface area contributed by atoms with Gasteiger partial charge in [-0.1, -0.05) is 60.7 Å². The average Bonchev–Trinajstić information content (AvgIpc) is 3.11. The Hall–Kier alpha value is -3.93. The van der Waals surface area contributed by atoms with Crippen molar-refractivity contribution < 1.29 is 14.7 Å². The monoisotopic (exact) mass is 385 g/mol. The number of aromatic carboxylic acids is 1. The highest BCUT2D eigenvalue weighted by atomic mass is 16.4. The van der Waals surface area contributed by atoms with E-state index in [1.807, 2.05) is 54.6 Å². The SMILES string of the molecule is O=C(O)c1ccc(CNC(=O)c2c3ccccc3nn2Cc2ccccc2)cc1. The fourth-order valence-electron chi connectivity index (χ4n) is 3.22. The van der Waals surface area contributed by atoms with Gasteiger partial charge in [-0.25, -0.2) is 4.79 Å². The number of nitrogens with zero attached hydrogens (tertiary/aromatic N) is 2. The van der Waals surface area contributed by atoms with Crippen LogP contribution in [-0.2, 0) is 13.1 Å². The Balaban J connectivity index is 1.59. The van der Waals surface area contributed by atoms with Crippen molar-refractivity contribution in [1.29, 1.82) is 0 Å². The predicted molar refractivity (Wildman–Crippen MR) is 110 cm³/mol. The minimum atomic E-state index is -0.975. The number of amides is 1. The standard InChI is InChI=1S/C23H19N3O3/c27-22(24-14-16-10-12-18(13-11-16)23(28)29)21-19-8-4-5-9-20(19)25-26(21)15-17-6-2-1-3-7-17/h1-13H,14-15H2,(H,24,27)(H,28,29). The lowest BCUT2D eigenvalue weighted by Gasteiger charge is -2.09. The summed E-state index contributed by atoms with van der Waals surface area (Å²) in [6.07, 6.45) is 0. The molecule has 4 rings (SSSR count). The smallest absolute Gasteiger partial charge is 0.335 e. The molecule has 0 aliphatic carbocycles. The van der Waals surface area contributed by atoms with Gasteiger partial charge in [-0.3, -0.25) is 9.48 Å². The van der Waals surface area contributed by atoms with Gasteiger partial charge in [-0.15, -0.1) is 0 Å². The molecule has 0 atom stereocenters. The van der Waals surface area contributed by atoms with E-state index in [1.54, 1.807) is 16.8 Å². The molecular weight excluding hydrogens is 366 g/mol. The number of benzene rings is 3. The molecule has 4 aromatic rings. The summed E-state index contributed by atoms with van der Waals surface area (Å²) in [7, 11) is 0. The van der Waals surface area contributed by atoms with Gasteiger partial charge >= 0.3 is 5.97 Å². The van der Waals surface area contributed by atoms with Gasteiger partial charge in [0.25, 0.3) is 5.91 Å². The molecule has 0 saturated carbocycles. The second kappa shape index (κ2) is 7.98. The van der Waals surface area contributed by atoms with Crippen molar-refractivity contribution in [2.75, 3.05) is 0 Å². The summed E-state index contributed by atoms with van der Waals surface area (Å²) in [5.41, 5.74) is 3.36.